The van der Waals surface area contributed by atoms with Crippen molar-refractivity contribution in [3.05, 3.63) is 66.9 Å². The normalized spacial score (nSPS) is 18.4. The number of aromatic nitrogens is 3. The largest absolute Gasteiger partial charge is 0.367 e. The Balaban J connectivity index is 1.51. The maximum Gasteiger partial charge on any atom is 0.242 e. The maximum atomic E-state index is 12.4. The van der Waals surface area contributed by atoms with Crippen LogP contribution in [0.1, 0.15) is 25.7 Å². The van der Waals surface area contributed by atoms with Crippen LogP contribution in [0, 0.1) is 0 Å². The molecule has 5 rings (SSSR count). The fourth-order valence-electron chi connectivity index (χ4n) is 4.49. The molecule has 0 atom stereocenters. The Kier molecular flexibility index (Phi) is 6.65. The molecule has 188 valence electrons. The van der Waals surface area contributed by atoms with Gasteiger partial charge in [-0.05, 0) is 55.5 Å². The molecule has 0 bridgehead atoms. The maximum absolute atomic E-state index is 12.4. The number of nitrogens with one attached hydrogen (secondary N) is 2. The van der Waals surface area contributed by atoms with Crippen LogP contribution in [0.25, 0.3) is 16.8 Å². The van der Waals surface area contributed by atoms with Gasteiger partial charge in [-0.25, -0.2) is 17.7 Å². The van der Waals surface area contributed by atoms with Crippen molar-refractivity contribution in [1.82, 2.24) is 18.9 Å². The van der Waals surface area contributed by atoms with E-state index < -0.39 is 10.0 Å². The van der Waals surface area contributed by atoms with E-state index in [0.717, 1.165) is 59.8 Å². The molecule has 4 N–H and O–H groups in total. The molecule has 2 aromatic heterocycles. The van der Waals surface area contributed by atoms with Crippen molar-refractivity contribution < 1.29 is 8.42 Å². The molecule has 0 saturated heterocycles. The number of hydrogen-bond donors (Lipinski definition) is 3. The molecule has 1 saturated carbocycles. The lowest BCUT2D eigenvalue weighted by Crippen LogP contribution is -2.33. The summed E-state index contributed by atoms with van der Waals surface area (Å²) in [6.45, 7) is 0. The van der Waals surface area contributed by atoms with Gasteiger partial charge in [-0.15, -0.1) is 0 Å². The molecule has 0 amide bonds. The lowest BCUT2D eigenvalue weighted by Gasteiger charge is -2.27. The monoisotopic (exact) mass is 505 g/mol. The van der Waals surface area contributed by atoms with Crippen LogP contribution in [-0.2, 0) is 10.0 Å². The molecule has 2 aromatic carbocycles. The Morgan fingerprint density at radius 2 is 1.69 bits per heavy atom. The summed E-state index contributed by atoms with van der Waals surface area (Å²) in [5.74, 6) is 1.48. The van der Waals surface area contributed by atoms with E-state index in [0.29, 0.717) is 6.04 Å². The van der Waals surface area contributed by atoms with Crippen LogP contribution < -0.4 is 16.4 Å². The molecule has 0 radical (unpaired) electrons. The van der Waals surface area contributed by atoms with Gasteiger partial charge in [0.25, 0.3) is 0 Å². The quantitative estimate of drug-likeness (QED) is 0.346. The molecule has 1 aliphatic rings. The fraction of sp³-hybridized carbons (Fsp3) is 0.308. The minimum absolute atomic E-state index is 0.237. The Bertz CT molecular complexity index is 1440. The van der Waals surface area contributed by atoms with Crippen LogP contribution >= 0.6 is 0 Å². The van der Waals surface area contributed by atoms with E-state index >= 15 is 0 Å². The first kappa shape index (κ1) is 24.2. The van der Waals surface area contributed by atoms with E-state index in [1.165, 1.54) is 18.4 Å². The second-order valence-corrected chi connectivity index (χ2v) is 11.5. The second-order valence-electron chi connectivity index (χ2n) is 9.38. The second kappa shape index (κ2) is 9.88. The van der Waals surface area contributed by atoms with E-state index in [2.05, 4.69) is 15.7 Å². The van der Waals surface area contributed by atoms with Crippen LogP contribution in [-0.4, -0.2) is 53.5 Å². The Morgan fingerprint density at radius 3 is 2.36 bits per heavy atom. The van der Waals surface area contributed by atoms with Gasteiger partial charge in [0.05, 0.1) is 11.1 Å². The summed E-state index contributed by atoms with van der Waals surface area (Å²) in [5.41, 5.74) is 9.53. The molecule has 4 aromatic rings. The highest BCUT2D eigenvalue weighted by Gasteiger charge is 2.21. The molecule has 2 heterocycles. The zero-order chi connectivity index (χ0) is 25.3. The number of rotatable bonds is 7. The minimum Gasteiger partial charge on any atom is -0.367 e. The van der Waals surface area contributed by atoms with E-state index in [1.807, 2.05) is 42.6 Å². The van der Waals surface area contributed by atoms with Gasteiger partial charge in [-0.2, -0.15) is 9.61 Å². The smallest absolute Gasteiger partial charge is 0.242 e. The molecule has 9 nitrogen and oxygen atoms in total. The summed E-state index contributed by atoms with van der Waals surface area (Å²) < 4.78 is 27.8. The van der Waals surface area contributed by atoms with E-state index in [1.54, 1.807) is 28.8 Å². The standard InChI is InChI=1S/C26H31N7O2S/c1-32(2)36(34,35)22-14-12-21(13-15-22)30-25-16-24(29-20-10-8-19(27)9-11-20)31-26-23(17-28-33(25)26)18-6-4-3-5-7-18/h3-7,12-17,19-20,30H,8-11,27H2,1-2H3,(H,29,31). The van der Waals surface area contributed by atoms with Crippen molar-refractivity contribution in [3.8, 4) is 11.1 Å². The first-order valence-electron chi connectivity index (χ1n) is 12.1. The first-order chi connectivity index (χ1) is 17.3. The van der Waals surface area contributed by atoms with E-state index in [4.69, 9.17) is 10.7 Å². The predicted molar refractivity (Wildman–Crippen MR) is 143 cm³/mol. The van der Waals surface area contributed by atoms with Crippen molar-refractivity contribution in [2.75, 3.05) is 24.7 Å². The molecule has 1 fully saturated rings. The topological polar surface area (TPSA) is 118 Å². The van der Waals surface area contributed by atoms with Gasteiger partial charge >= 0.3 is 0 Å². The van der Waals surface area contributed by atoms with Crippen LogP contribution in [0.5, 0.6) is 0 Å². The summed E-state index contributed by atoms with van der Waals surface area (Å²) in [6.07, 6.45) is 5.82. The number of nitrogens with two attached hydrogens (primary N) is 1. The SMILES string of the molecule is CN(C)S(=O)(=O)c1ccc(Nc2cc(NC3CCC(N)CC3)nc3c(-c4ccccc4)cnn23)cc1. The van der Waals surface area contributed by atoms with Crippen LogP contribution in [0.4, 0.5) is 17.3 Å². The number of nitrogens with zero attached hydrogens (tertiary/aromatic N) is 4. The Morgan fingerprint density at radius 1 is 1.00 bits per heavy atom. The number of hydrogen-bond acceptors (Lipinski definition) is 7. The van der Waals surface area contributed by atoms with E-state index in [-0.39, 0.29) is 10.9 Å². The third kappa shape index (κ3) is 4.92. The van der Waals surface area contributed by atoms with Crippen molar-refractivity contribution in [2.24, 2.45) is 5.73 Å². The molecule has 10 heteroatoms. The van der Waals surface area contributed by atoms with Crippen LogP contribution in [0.2, 0.25) is 0 Å². The summed E-state index contributed by atoms with van der Waals surface area (Å²) in [5, 5.41) is 11.6. The van der Waals surface area contributed by atoms with Crippen LogP contribution in [0.15, 0.2) is 71.8 Å². The Labute approximate surface area is 211 Å². The zero-order valence-electron chi connectivity index (χ0n) is 20.4. The lowest BCUT2D eigenvalue weighted by atomic mass is 9.92. The van der Waals surface area contributed by atoms with Crippen LogP contribution in [0.3, 0.4) is 0 Å². The summed E-state index contributed by atoms with van der Waals surface area (Å²) >= 11 is 0. The molecule has 0 aliphatic heterocycles. The lowest BCUT2D eigenvalue weighted by molar-refractivity contribution is 0.410. The minimum atomic E-state index is -3.50. The molecular weight excluding hydrogens is 474 g/mol. The highest BCUT2D eigenvalue weighted by molar-refractivity contribution is 7.89. The molecule has 1 aliphatic carbocycles. The average Bonchev–Trinajstić information content (AvgIpc) is 3.30. The number of sulfonamides is 1. The summed E-state index contributed by atoms with van der Waals surface area (Å²) in [7, 11) is -0.457. The highest BCUT2D eigenvalue weighted by atomic mass is 32.2. The number of fused-ring (bicyclic) bond motifs is 1. The van der Waals surface area contributed by atoms with E-state index in [9.17, 15) is 8.42 Å². The van der Waals surface area contributed by atoms with Gasteiger partial charge < -0.3 is 16.4 Å². The molecular formula is C26H31N7O2S. The average molecular weight is 506 g/mol. The zero-order valence-corrected chi connectivity index (χ0v) is 21.2. The first-order valence-corrected chi connectivity index (χ1v) is 13.5. The van der Waals surface area contributed by atoms with Crippen molar-refractivity contribution in [1.29, 1.82) is 0 Å². The van der Waals surface area contributed by atoms with Crippen molar-refractivity contribution in [2.45, 2.75) is 42.7 Å². The van der Waals surface area contributed by atoms with Gasteiger partial charge in [0.2, 0.25) is 10.0 Å². The van der Waals surface area contributed by atoms with Crippen molar-refractivity contribution in [3.63, 3.8) is 0 Å². The van der Waals surface area contributed by atoms with Gasteiger partial charge in [0, 0.05) is 43.5 Å². The van der Waals surface area contributed by atoms with Gasteiger partial charge in [0.1, 0.15) is 11.6 Å². The fourth-order valence-corrected chi connectivity index (χ4v) is 5.39. The number of anilines is 3. The summed E-state index contributed by atoms with van der Waals surface area (Å²) in [6, 6.07) is 19.3. The molecule has 0 unspecified atom stereocenters. The van der Waals surface area contributed by atoms with Crippen molar-refractivity contribution >= 4 is 33.0 Å². The highest BCUT2D eigenvalue weighted by Crippen LogP contribution is 2.30. The molecule has 0 spiro atoms. The van der Waals surface area contributed by atoms with Gasteiger partial charge in [-0.3, -0.25) is 0 Å². The molecule has 36 heavy (non-hydrogen) atoms. The van der Waals surface area contributed by atoms with Gasteiger partial charge in [0.15, 0.2) is 5.65 Å². The predicted octanol–water partition coefficient (Wildman–Crippen LogP) is 4.07. The third-order valence-corrected chi connectivity index (χ3v) is 8.42. The number of benzene rings is 2. The summed E-state index contributed by atoms with van der Waals surface area (Å²) in [4.78, 5) is 5.16. The third-order valence-electron chi connectivity index (χ3n) is 6.59. The Hall–Kier alpha value is -3.47. The van der Waals surface area contributed by atoms with Gasteiger partial charge in [-0.1, -0.05) is 30.3 Å².